The minimum Gasteiger partial charge on any atom is -0.507 e. The topological polar surface area (TPSA) is 86.8 Å². The first-order valence-electron chi connectivity index (χ1n) is 11.8. The Balaban J connectivity index is 2.09. The SMILES string of the molecule is C=C(C)C1CCC(C)=CC1c1c(O)cc(CCCCC)c(C(=O)N(C)Cc2ccon2)c1O. The summed E-state index contributed by atoms with van der Waals surface area (Å²) in [6, 6.07) is 3.39. The van der Waals surface area contributed by atoms with E-state index in [-0.39, 0.29) is 41.4 Å². The fourth-order valence-electron chi connectivity index (χ4n) is 4.78. The Labute approximate surface area is 196 Å². The first-order chi connectivity index (χ1) is 15.7. The molecule has 0 radical (unpaired) electrons. The van der Waals surface area contributed by atoms with Gasteiger partial charge in [0.05, 0.1) is 12.1 Å². The summed E-state index contributed by atoms with van der Waals surface area (Å²) < 4.78 is 4.89. The van der Waals surface area contributed by atoms with Gasteiger partial charge in [0, 0.05) is 24.6 Å². The molecule has 1 aliphatic carbocycles. The molecular weight excluding hydrogens is 416 g/mol. The van der Waals surface area contributed by atoms with Crippen LogP contribution in [0.4, 0.5) is 0 Å². The molecule has 0 fully saturated rings. The van der Waals surface area contributed by atoms with E-state index in [0.29, 0.717) is 23.2 Å². The summed E-state index contributed by atoms with van der Waals surface area (Å²) in [5.41, 5.74) is 4.19. The van der Waals surface area contributed by atoms with Gasteiger partial charge in [0.15, 0.2) is 0 Å². The van der Waals surface area contributed by atoms with Crippen LogP contribution in [0.5, 0.6) is 11.5 Å². The Bertz CT molecular complexity index is 1020. The number of hydrogen-bond acceptors (Lipinski definition) is 5. The van der Waals surface area contributed by atoms with Crippen molar-refractivity contribution in [3.8, 4) is 11.5 Å². The second-order valence-electron chi connectivity index (χ2n) is 9.33. The average molecular weight is 453 g/mol. The number of carbonyl (C=O) groups is 1. The second-order valence-corrected chi connectivity index (χ2v) is 9.33. The lowest BCUT2D eigenvalue weighted by atomic mass is 9.73. The van der Waals surface area contributed by atoms with Crippen LogP contribution < -0.4 is 0 Å². The highest BCUT2D eigenvalue weighted by Crippen LogP contribution is 2.48. The van der Waals surface area contributed by atoms with E-state index in [1.165, 1.54) is 16.7 Å². The third-order valence-electron chi connectivity index (χ3n) is 6.61. The molecule has 33 heavy (non-hydrogen) atoms. The molecule has 0 bridgehead atoms. The van der Waals surface area contributed by atoms with Gasteiger partial charge < -0.3 is 19.6 Å². The van der Waals surface area contributed by atoms with Gasteiger partial charge in [0.25, 0.3) is 5.91 Å². The number of hydrogen-bond donors (Lipinski definition) is 2. The van der Waals surface area contributed by atoms with E-state index >= 15 is 0 Å². The summed E-state index contributed by atoms with van der Waals surface area (Å²) >= 11 is 0. The number of aromatic nitrogens is 1. The molecule has 0 saturated carbocycles. The maximum absolute atomic E-state index is 13.6. The highest BCUT2D eigenvalue weighted by atomic mass is 16.5. The fourth-order valence-corrected chi connectivity index (χ4v) is 4.78. The fraction of sp³-hybridized carbons (Fsp3) is 0.481. The van der Waals surface area contributed by atoms with Crippen molar-refractivity contribution in [2.75, 3.05) is 7.05 Å². The molecule has 2 unspecified atom stereocenters. The standard InChI is InChI=1S/C27H36N2O4/c1-6-7-8-9-19-15-23(30)25(22-14-18(4)10-11-21(22)17(2)3)26(31)24(19)27(32)29(5)16-20-12-13-33-28-20/h12-15,21-22,30-31H,2,6-11,16H2,1,3-5H3. The first-order valence-corrected chi connectivity index (χ1v) is 11.8. The van der Waals surface area contributed by atoms with E-state index in [2.05, 4.69) is 31.7 Å². The zero-order chi connectivity index (χ0) is 24.1. The van der Waals surface area contributed by atoms with Crippen molar-refractivity contribution < 1.29 is 19.5 Å². The van der Waals surface area contributed by atoms with Crippen LogP contribution in [0.1, 0.15) is 86.0 Å². The zero-order valence-electron chi connectivity index (χ0n) is 20.2. The van der Waals surface area contributed by atoms with Crippen molar-refractivity contribution >= 4 is 5.91 Å². The average Bonchev–Trinajstić information content (AvgIpc) is 3.26. The van der Waals surface area contributed by atoms with Crippen molar-refractivity contribution in [3.63, 3.8) is 0 Å². The third-order valence-corrected chi connectivity index (χ3v) is 6.61. The minimum atomic E-state index is -0.299. The van der Waals surface area contributed by atoms with Crippen molar-refractivity contribution in [2.45, 2.75) is 71.8 Å². The first kappa shape index (κ1) is 24.6. The molecule has 6 nitrogen and oxygen atoms in total. The molecule has 1 heterocycles. The van der Waals surface area contributed by atoms with Crippen LogP contribution in [0.25, 0.3) is 0 Å². The number of nitrogens with zero attached hydrogens (tertiary/aromatic N) is 2. The van der Waals surface area contributed by atoms with E-state index in [1.54, 1.807) is 19.2 Å². The zero-order valence-corrected chi connectivity index (χ0v) is 20.2. The van der Waals surface area contributed by atoms with Crippen molar-refractivity contribution in [1.29, 1.82) is 0 Å². The predicted molar refractivity (Wildman–Crippen MR) is 129 cm³/mol. The molecule has 0 spiro atoms. The van der Waals surface area contributed by atoms with Gasteiger partial charge in [-0.1, -0.05) is 48.7 Å². The van der Waals surface area contributed by atoms with Crippen LogP contribution in [-0.2, 0) is 13.0 Å². The number of phenolic OH excluding ortho intramolecular Hbond substituents is 2. The largest absolute Gasteiger partial charge is 0.507 e. The molecule has 1 aliphatic rings. The molecule has 1 aromatic carbocycles. The number of carbonyl (C=O) groups excluding carboxylic acids is 1. The number of rotatable bonds is 9. The van der Waals surface area contributed by atoms with Gasteiger partial charge in [0.2, 0.25) is 0 Å². The molecule has 6 heteroatoms. The normalized spacial score (nSPS) is 18.1. The molecule has 0 aliphatic heterocycles. The Morgan fingerprint density at radius 1 is 1.33 bits per heavy atom. The number of aromatic hydroxyl groups is 2. The lowest BCUT2D eigenvalue weighted by Crippen LogP contribution is -2.28. The Kier molecular flexibility index (Phi) is 8.01. The maximum Gasteiger partial charge on any atom is 0.258 e. The molecule has 3 rings (SSSR count). The molecular formula is C27H36N2O4. The monoisotopic (exact) mass is 452 g/mol. The predicted octanol–water partition coefficient (Wildman–Crippen LogP) is 6.11. The molecule has 178 valence electrons. The summed E-state index contributed by atoms with van der Waals surface area (Å²) in [6.07, 6.45) is 8.95. The Morgan fingerprint density at radius 3 is 2.73 bits per heavy atom. The summed E-state index contributed by atoms with van der Waals surface area (Å²) in [5.74, 6) is -0.523. The number of phenols is 2. The van der Waals surface area contributed by atoms with Crippen molar-refractivity contribution in [2.24, 2.45) is 5.92 Å². The van der Waals surface area contributed by atoms with Gasteiger partial charge in [-0.05, 0) is 57.1 Å². The Morgan fingerprint density at radius 2 is 2.09 bits per heavy atom. The summed E-state index contributed by atoms with van der Waals surface area (Å²) in [7, 11) is 1.68. The van der Waals surface area contributed by atoms with Gasteiger partial charge in [-0.3, -0.25) is 4.79 Å². The van der Waals surface area contributed by atoms with Crippen LogP contribution in [0, 0.1) is 5.92 Å². The van der Waals surface area contributed by atoms with Gasteiger partial charge in [-0.15, -0.1) is 0 Å². The second kappa shape index (κ2) is 10.7. The van der Waals surface area contributed by atoms with Crippen molar-refractivity contribution in [1.82, 2.24) is 10.1 Å². The summed E-state index contributed by atoms with van der Waals surface area (Å²) in [4.78, 5) is 15.1. The molecule has 1 aromatic heterocycles. The van der Waals surface area contributed by atoms with Crippen LogP contribution >= 0.6 is 0 Å². The summed E-state index contributed by atoms with van der Waals surface area (Å²) in [5, 5.41) is 26.4. The number of unbranched alkanes of at least 4 members (excludes halogenated alkanes) is 2. The smallest absolute Gasteiger partial charge is 0.258 e. The highest BCUT2D eigenvalue weighted by molar-refractivity contribution is 5.99. The molecule has 0 saturated heterocycles. The van der Waals surface area contributed by atoms with Crippen LogP contribution in [0.3, 0.4) is 0 Å². The van der Waals surface area contributed by atoms with E-state index in [4.69, 9.17) is 4.52 Å². The number of aryl methyl sites for hydroxylation is 1. The lowest BCUT2D eigenvalue weighted by Gasteiger charge is -2.32. The summed E-state index contributed by atoms with van der Waals surface area (Å²) in [6.45, 7) is 10.6. The third kappa shape index (κ3) is 5.49. The number of benzene rings is 1. The number of allylic oxidation sites excluding steroid dienone is 3. The Hall–Kier alpha value is -3.02. The van der Waals surface area contributed by atoms with E-state index in [1.807, 2.05) is 6.92 Å². The van der Waals surface area contributed by atoms with Crippen LogP contribution in [0.15, 0.2) is 46.7 Å². The van der Waals surface area contributed by atoms with Crippen LogP contribution in [-0.4, -0.2) is 33.2 Å². The quantitative estimate of drug-likeness (QED) is 0.354. The minimum absolute atomic E-state index is 0.0388. The molecule has 2 N–H and O–H groups in total. The van der Waals surface area contributed by atoms with E-state index < -0.39 is 0 Å². The van der Waals surface area contributed by atoms with Crippen molar-refractivity contribution in [3.05, 3.63) is 64.6 Å². The molecule has 2 aromatic rings. The highest BCUT2D eigenvalue weighted by Gasteiger charge is 2.33. The lowest BCUT2D eigenvalue weighted by molar-refractivity contribution is 0.0777. The van der Waals surface area contributed by atoms with E-state index in [9.17, 15) is 15.0 Å². The van der Waals surface area contributed by atoms with Crippen LogP contribution in [0.2, 0.25) is 0 Å². The van der Waals surface area contributed by atoms with E-state index in [0.717, 1.165) is 37.7 Å². The molecule has 2 atom stereocenters. The van der Waals surface area contributed by atoms with Gasteiger partial charge >= 0.3 is 0 Å². The van der Waals surface area contributed by atoms with Gasteiger partial charge in [-0.2, -0.15) is 0 Å². The van der Waals surface area contributed by atoms with Gasteiger partial charge in [0.1, 0.15) is 23.5 Å². The number of amides is 1. The molecule has 1 amide bonds. The maximum atomic E-state index is 13.6. The van der Waals surface area contributed by atoms with Gasteiger partial charge in [-0.25, -0.2) is 0 Å².